The summed E-state index contributed by atoms with van der Waals surface area (Å²) in [5.41, 5.74) is 5.37. The Morgan fingerprint density at radius 3 is 2.48 bits per heavy atom. The second kappa shape index (κ2) is 9.03. The molecule has 29 heavy (non-hydrogen) atoms. The number of carbonyl (C=O) groups excluding carboxylic acids is 1. The van der Waals surface area contributed by atoms with Gasteiger partial charge in [0.2, 0.25) is 5.91 Å². The van der Waals surface area contributed by atoms with Gasteiger partial charge in [-0.25, -0.2) is 9.67 Å². The largest absolute Gasteiger partial charge is 0.350 e. The quantitative estimate of drug-likeness (QED) is 0.634. The minimum absolute atomic E-state index is 0.0493. The summed E-state index contributed by atoms with van der Waals surface area (Å²) in [4.78, 5) is 16.5. The van der Waals surface area contributed by atoms with Crippen LogP contribution in [0, 0.1) is 19.8 Å². The first kappa shape index (κ1) is 20.8. The molecule has 0 spiro atoms. The second-order valence-electron chi connectivity index (χ2n) is 7.95. The lowest BCUT2D eigenvalue weighted by molar-refractivity contribution is -0.121. The van der Waals surface area contributed by atoms with Gasteiger partial charge in [0, 0.05) is 18.7 Å². The molecule has 1 aromatic carbocycles. The molecule has 1 unspecified atom stereocenters. The van der Waals surface area contributed by atoms with Crippen LogP contribution in [-0.4, -0.2) is 30.5 Å². The van der Waals surface area contributed by atoms with Crippen molar-refractivity contribution in [3.8, 4) is 5.69 Å². The van der Waals surface area contributed by atoms with Gasteiger partial charge in [-0.2, -0.15) is 10.2 Å². The molecule has 0 bridgehead atoms. The maximum Gasteiger partial charge on any atom is 0.220 e. The fourth-order valence-corrected chi connectivity index (χ4v) is 3.51. The van der Waals surface area contributed by atoms with Crippen LogP contribution in [-0.2, 0) is 17.8 Å². The Bertz CT molecular complexity index is 941. The standard InChI is InChI=1S/C22H30N6O/c1-15(2)12-27-18(5)21(17(4)26-27)10-11-22(29)25-16(3)19-6-8-20(9-7-19)28-14-23-13-24-28/h6-9,13-16H,10-12H2,1-5H3,(H,25,29). The molecule has 0 aliphatic heterocycles. The molecule has 2 heterocycles. The fraction of sp³-hybridized carbons (Fsp3) is 0.455. The smallest absolute Gasteiger partial charge is 0.220 e. The summed E-state index contributed by atoms with van der Waals surface area (Å²) in [5, 5.41) is 11.9. The van der Waals surface area contributed by atoms with Crippen LogP contribution in [0.1, 0.15) is 55.7 Å². The van der Waals surface area contributed by atoms with Crippen LogP contribution in [0.5, 0.6) is 0 Å². The number of aromatic nitrogens is 5. The number of aryl methyl sites for hydroxylation is 1. The lowest BCUT2D eigenvalue weighted by Gasteiger charge is -2.15. The summed E-state index contributed by atoms with van der Waals surface area (Å²) in [6, 6.07) is 7.90. The molecular formula is C22H30N6O. The molecule has 154 valence electrons. The van der Waals surface area contributed by atoms with Gasteiger partial charge in [0.25, 0.3) is 0 Å². The molecule has 0 radical (unpaired) electrons. The molecule has 0 fully saturated rings. The van der Waals surface area contributed by atoms with Gasteiger partial charge >= 0.3 is 0 Å². The number of hydrogen-bond acceptors (Lipinski definition) is 4. The summed E-state index contributed by atoms with van der Waals surface area (Å²) in [7, 11) is 0. The van der Waals surface area contributed by atoms with Crippen LogP contribution in [0.4, 0.5) is 0 Å². The van der Waals surface area contributed by atoms with Crippen molar-refractivity contribution in [3.05, 3.63) is 59.4 Å². The molecule has 7 heteroatoms. The zero-order chi connectivity index (χ0) is 21.0. The molecule has 0 saturated heterocycles. The van der Waals surface area contributed by atoms with Crippen molar-refractivity contribution >= 4 is 5.91 Å². The Hall–Kier alpha value is -2.96. The molecule has 1 amide bonds. The third kappa shape index (κ3) is 5.10. The first-order chi connectivity index (χ1) is 13.8. The van der Waals surface area contributed by atoms with Crippen molar-refractivity contribution in [2.24, 2.45) is 5.92 Å². The average molecular weight is 395 g/mol. The van der Waals surface area contributed by atoms with Gasteiger partial charge in [0.15, 0.2) is 0 Å². The Kier molecular flexibility index (Phi) is 6.46. The summed E-state index contributed by atoms with van der Waals surface area (Å²) < 4.78 is 3.77. The van der Waals surface area contributed by atoms with E-state index < -0.39 is 0 Å². The maximum atomic E-state index is 12.5. The van der Waals surface area contributed by atoms with Crippen LogP contribution in [0.3, 0.4) is 0 Å². The Morgan fingerprint density at radius 2 is 1.86 bits per heavy atom. The van der Waals surface area contributed by atoms with Gasteiger partial charge < -0.3 is 5.32 Å². The van der Waals surface area contributed by atoms with Gasteiger partial charge in [-0.3, -0.25) is 9.48 Å². The predicted octanol–water partition coefficient (Wildman–Crippen LogP) is 3.55. The van der Waals surface area contributed by atoms with Gasteiger partial charge in [0.1, 0.15) is 12.7 Å². The third-order valence-corrected chi connectivity index (χ3v) is 5.13. The van der Waals surface area contributed by atoms with E-state index in [1.54, 1.807) is 11.0 Å². The van der Waals surface area contributed by atoms with E-state index in [1.807, 2.05) is 38.1 Å². The number of nitrogens with zero attached hydrogens (tertiary/aromatic N) is 5. The van der Waals surface area contributed by atoms with E-state index >= 15 is 0 Å². The highest BCUT2D eigenvalue weighted by Gasteiger charge is 2.15. The SMILES string of the molecule is Cc1nn(CC(C)C)c(C)c1CCC(=O)NC(C)c1ccc(-n2cncn2)cc1. The Morgan fingerprint density at radius 1 is 1.14 bits per heavy atom. The highest BCUT2D eigenvalue weighted by molar-refractivity contribution is 5.76. The highest BCUT2D eigenvalue weighted by atomic mass is 16.1. The van der Waals surface area contributed by atoms with Crippen molar-refractivity contribution in [2.75, 3.05) is 0 Å². The van der Waals surface area contributed by atoms with Crippen molar-refractivity contribution in [1.82, 2.24) is 29.9 Å². The number of amides is 1. The molecule has 7 nitrogen and oxygen atoms in total. The topological polar surface area (TPSA) is 77.6 Å². The van der Waals surface area contributed by atoms with Crippen molar-refractivity contribution in [1.29, 1.82) is 0 Å². The molecule has 0 saturated carbocycles. The van der Waals surface area contributed by atoms with Crippen LogP contribution >= 0.6 is 0 Å². The van der Waals surface area contributed by atoms with E-state index in [0.717, 1.165) is 23.5 Å². The van der Waals surface area contributed by atoms with E-state index in [-0.39, 0.29) is 11.9 Å². The summed E-state index contributed by atoms with van der Waals surface area (Å²) in [6.07, 6.45) is 4.33. The second-order valence-corrected chi connectivity index (χ2v) is 7.95. The van der Waals surface area contributed by atoms with E-state index in [2.05, 4.69) is 46.0 Å². The molecule has 3 aromatic rings. The van der Waals surface area contributed by atoms with Crippen molar-refractivity contribution < 1.29 is 4.79 Å². The molecule has 1 N–H and O–H groups in total. The normalized spacial score (nSPS) is 12.3. The van der Waals surface area contributed by atoms with E-state index in [1.165, 1.54) is 17.6 Å². The van der Waals surface area contributed by atoms with Crippen LogP contribution in [0.2, 0.25) is 0 Å². The first-order valence-corrected chi connectivity index (χ1v) is 10.1. The van der Waals surface area contributed by atoms with E-state index in [0.29, 0.717) is 18.8 Å². The van der Waals surface area contributed by atoms with E-state index in [9.17, 15) is 4.79 Å². The third-order valence-electron chi connectivity index (χ3n) is 5.13. The minimum atomic E-state index is -0.0573. The highest BCUT2D eigenvalue weighted by Crippen LogP contribution is 2.18. The molecule has 1 atom stereocenters. The predicted molar refractivity (Wildman–Crippen MR) is 113 cm³/mol. The van der Waals surface area contributed by atoms with Crippen molar-refractivity contribution in [2.45, 2.75) is 60.0 Å². The van der Waals surface area contributed by atoms with Gasteiger partial charge in [-0.05, 0) is 56.4 Å². The number of benzene rings is 1. The van der Waals surface area contributed by atoms with Crippen molar-refractivity contribution in [3.63, 3.8) is 0 Å². The molecule has 0 aliphatic carbocycles. The van der Waals surface area contributed by atoms with E-state index in [4.69, 9.17) is 0 Å². The summed E-state index contributed by atoms with van der Waals surface area (Å²) in [6.45, 7) is 11.4. The average Bonchev–Trinajstić information content (AvgIpc) is 3.29. The van der Waals surface area contributed by atoms with Gasteiger partial charge in [-0.15, -0.1) is 0 Å². The molecule has 0 aliphatic rings. The molecule has 3 rings (SSSR count). The first-order valence-electron chi connectivity index (χ1n) is 10.1. The summed E-state index contributed by atoms with van der Waals surface area (Å²) >= 11 is 0. The molecular weight excluding hydrogens is 364 g/mol. The number of hydrogen-bond donors (Lipinski definition) is 1. The Balaban J connectivity index is 1.56. The maximum absolute atomic E-state index is 12.5. The fourth-order valence-electron chi connectivity index (χ4n) is 3.51. The van der Waals surface area contributed by atoms with Crippen LogP contribution in [0.15, 0.2) is 36.9 Å². The van der Waals surface area contributed by atoms with Crippen LogP contribution < -0.4 is 5.32 Å². The zero-order valence-corrected chi connectivity index (χ0v) is 17.9. The monoisotopic (exact) mass is 394 g/mol. The summed E-state index contributed by atoms with van der Waals surface area (Å²) in [5.74, 6) is 0.592. The zero-order valence-electron chi connectivity index (χ0n) is 17.9. The number of nitrogens with one attached hydrogen (secondary N) is 1. The van der Waals surface area contributed by atoms with Gasteiger partial charge in [-0.1, -0.05) is 26.0 Å². The lowest BCUT2D eigenvalue weighted by Crippen LogP contribution is -2.26. The number of carbonyl (C=O) groups is 1. The minimum Gasteiger partial charge on any atom is -0.350 e. The van der Waals surface area contributed by atoms with Crippen LogP contribution in [0.25, 0.3) is 5.69 Å². The lowest BCUT2D eigenvalue weighted by atomic mass is 10.1. The molecule has 2 aromatic heterocycles. The number of rotatable bonds is 8. The van der Waals surface area contributed by atoms with Gasteiger partial charge in [0.05, 0.1) is 17.4 Å². The Labute approximate surface area is 172 Å².